The van der Waals surface area contributed by atoms with E-state index in [4.69, 9.17) is 0 Å². The maximum Gasteiger partial charge on any atom is 0.0468 e. The standard InChI is InChI=1S/C70H41N/c1-5-16-40(17-6-1)61-60-39-59-46-25-14-13-24-45(46)48-26-15-27-55(63(48)59)68(60)62(41-18-7-2-8-19-41)70-57-37-35-53-51-32-33-54-58-38-44(71(42-20-9-3-10-21-42)43-22-11-4-12-23-43)28-29-47(58)49-30-31-50(65(51)64(49)54)52-34-36-56(69(61)70)67(57)66(52)53/h1-39,66-67H. The second-order valence-electron chi connectivity index (χ2n) is 20.1. The van der Waals surface area contributed by atoms with Gasteiger partial charge in [0, 0.05) is 28.9 Å². The first kappa shape index (κ1) is 37.9. The van der Waals surface area contributed by atoms with Gasteiger partial charge in [0.2, 0.25) is 0 Å². The van der Waals surface area contributed by atoms with E-state index in [1.165, 1.54) is 144 Å². The Bertz CT molecular complexity index is 4320. The van der Waals surface area contributed by atoms with Crippen LogP contribution in [0, 0.1) is 11.8 Å². The topological polar surface area (TPSA) is 3.24 Å². The largest absolute Gasteiger partial charge is 0.310 e. The zero-order valence-electron chi connectivity index (χ0n) is 38.6. The van der Waals surface area contributed by atoms with Gasteiger partial charge in [-0.15, -0.1) is 0 Å². The normalized spacial score (nSPS) is 16.5. The van der Waals surface area contributed by atoms with Crippen molar-refractivity contribution in [3.05, 3.63) is 259 Å². The Balaban J connectivity index is 0.918. The van der Waals surface area contributed by atoms with Crippen molar-refractivity contribution < 1.29 is 0 Å². The zero-order chi connectivity index (χ0) is 46.1. The molecule has 2 unspecified atom stereocenters. The molecule has 0 N–H and O–H groups in total. The van der Waals surface area contributed by atoms with Gasteiger partial charge in [0.05, 0.1) is 0 Å². The van der Waals surface area contributed by atoms with Crippen LogP contribution in [0.15, 0.2) is 237 Å². The quantitative estimate of drug-likeness (QED) is 0.156. The average molecular weight is 896 g/mol. The van der Waals surface area contributed by atoms with E-state index in [1.807, 2.05) is 0 Å². The number of allylic oxidation sites excluding steroid dienone is 8. The fourth-order valence-electron chi connectivity index (χ4n) is 14.2. The number of benzene rings is 11. The Kier molecular flexibility index (Phi) is 7.37. The lowest BCUT2D eigenvalue weighted by Crippen LogP contribution is -2.25. The number of rotatable bonds is 5. The molecule has 1 nitrogen and oxygen atoms in total. The minimum atomic E-state index is 0.177. The number of nitrogens with zero attached hydrogens (tertiary/aromatic N) is 1. The summed E-state index contributed by atoms with van der Waals surface area (Å²) in [5.74, 6) is 0.367. The maximum absolute atomic E-state index is 2.56. The van der Waals surface area contributed by atoms with Crippen molar-refractivity contribution in [2.45, 2.75) is 0 Å². The molecule has 11 aromatic carbocycles. The summed E-state index contributed by atoms with van der Waals surface area (Å²) in [5, 5.41) is 8.14. The van der Waals surface area contributed by atoms with E-state index in [2.05, 4.69) is 242 Å². The van der Waals surface area contributed by atoms with Crippen molar-refractivity contribution in [2.24, 2.45) is 11.8 Å². The predicted octanol–water partition coefficient (Wildman–Crippen LogP) is 18.8. The Hall–Kier alpha value is -9.04. The highest BCUT2D eigenvalue weighted by atomic mass is 15.1. The van der Waals surface area contributed by atoms with Gasteiger partial charge in [0.15, 0.2) is 0 Å². The highest BCUT2D eigenvalue weighted by Crippen LogP contribution is 2.67. The van der Waals surface area contributed by atoms with Crippen molar-refractivity contribution in [1.29, 1.82) is 0 Å². The highest BCUT2D eigenvalue weighted by molar-refractivity contribution is 6.32. The lowest BCUT2D eigenvalue weighted by atomic mass is 9.62. The summed E-state index contributed by atoms with van der Waals surface area (Å²) in [5.41, 5.74) is 30.5. The zero-order valence-corrected chi connectivity index (χ0v) is 38.6. The molecule has 0 bridgehead atoms. The van der Waals surface area contributed by atoms with E-state index in [0.717, 1.165) is 17.1 Å². The van der Waals surface area contributed by atoms with Crippen LogP contribution in [0.3, 0.4) is 0 Å². The molecule has 0 spiro atoms. The number of fused-ring (bicyclic) bond motifs is 13. The first-order valence-corrected chi connectivity index (χ1v) is 25.1. The van der Waals surface area contributed by atoms with Crippen LogP contribution >= 0.6 is 0 Å². The molecule has 71 heavy (non-hydrogen) atoms. The minimum absolute atomic E-state index is 0.177. The van der Waals surface area contributed by atoms with Gasteiger partial charge in [-0.1, -0.05) is 194 Å². The number of anilines is 3. The molecule has 0 aromatic heterocycles. The van der Waals surface area contributed by atoms with Gasteiger partial charge < -0.3 is 4.90 Å². The molecule has 1 heteroatoms. The van der Waals surface area contributed by atoms with Gasteiger partial charge in [-0.2, -0.15) is 0 Å². The van der Waals surface area contributed by atoms with Gasteiger partial charge in [-0.25, -0.2) is 0 Å². The van der Waals surface area contributed by atoms with Crippen molar-refractivity contribution in [2.75, 3.05) is 4.90 Å². The van der Waals surface area contributed by atoms with Crippen molar-refractivity contribution in [1.82, 2.24) is 0 Å². The molecule has 2 atom stereocenters. The Morgan fingerprint density at radius 1 is 0.239 bits per heavy atom. The summed E-state index contributed by atoms with van der Waals surface area (Å²) < 4.78 is 0. The SMILES string of the molecule is C1=C2c3c(c(-c4ccccc4)c4c(cc5c6c(cccc64)-c4ccccc4-5)c3-c3ccccc3)C3=CC=C4c5ccc6c7c(ccc(c57)C(=C1)C4C23)-c1ccc(N(c2ccccc2)c2ccccc2)cc1-6. The van der Waals surface area contributed by atoms with Gasteiger partial charge >= 0.3 is 0 Å². The summed E-state index contributed by atoms with van der Waals surface area (Å²) in [6.45, 7) is 0. The van der Waals surface area contributed by atoms with E-state index in [9.17, 15) is 0 Å². The lowest BCUT2D eigenvalue weighted by Gasteiger charge is -2.40. The molecule has 0 saturated carbocycles. The molecule has 0 aliphatic heterocycles. The van der Waals surface area contributed by atoms with Crippen LogP contribution in [0.25, 0.3) is 121 Å². The van der Waals surface area contributed by atoms with Crippen LogP contribution in [0.5, 0.6) is 0 Å². The minimum Gasteiger partial charge on any atom is -0.310 e. The summed E-state index contributed by atoms with van der Waals surface area (Å²) in [6, 6.07) is 79.5. The molecular weight excluding hydrogens is 855 g/mol. The molecule has 0 heterocycles. The maximum atomic E-state index is 2.56. The van der Waals surface area contributed by atoms with Crippen LogP contribution in [-0.2, 0) is 0 Å². The van der Waals surface area contributed by atoms with Crippen LogP contribution in [-0.4, -0.2) is 0 Å². The predicted molar refractivity (Wildman–Crippen MR) is 299 cm³/mol. The van der Waals surface area contributed by atoms with Crippen molar-refractivity contribution in [3.8, 4) is 66.8 Å². The highest BCUT2D eigenvalue weighted by Gasteiger charge is 2.49. The Morgan fingerprint density at radius 3 is 1.34 bits per heavy atom. The van der Waals surface area contributed by atoms with Gasteiger partial charge in [-0.05, 0) is 186 Å². The third-order valence-corrected chi connectivity index (χ3v) is 16.9. The first-order chi connectivity index (χ1) is 35.3. The smallest absolute Gasteiger partial charge is 0.0468 e. The van der Waals surface area contributed by atoms with Crippen molar-refractivity contribution in [3.63, 3.8) is 0 Å². The third kappa shape index (κ3) is 4.85. The molecule has 0 saturated heterocycles. The molecule has 11 aromatic rings. The van der Waals surface area contributed by atoms with Crippen LogP contribution < -0.4 is 4.90 Å². The summed E-state index contributed by atoms with van der Waals surface area (Å²) in [6.07, 6.45) is 10.1. The molecule has 6 aliphatic carbocycles. The fraction of sp³-hybridized carbons (Fsp3) is 0.0286. The fourth-order valence-corrected chi connectivity index (χ4v) is 14.2. The molecule has 326 valence electrons. The Labute approximate surface area is 411 Å². The van der Waals surface area contributed by atoms with E-state index in [0.29, 0.717) is 0 Å². The molecular formula is C70H41N. The van der Waals surface area contributed by atoms with Crippen LogP contribution in [0.2, 0.25) is 0 Å². The molecule has 0 amide bonds. The van der Waals surface area contributed by atoms with E-state index < -0.39 is 0 Å². The number of hydrogen-bond donors (Lipinski definition) is 0. The van der Waals surface area contributed by atoms with E-state index in [1.54, 1.807) is 0 Å². The second kappa shape index (κ2) is 13.8. The second-order valence-corrected chi connectivity index (χ2v) is 20.1. The Morgan fingerprint density at radius 2 is 0.690 bits per heavy atom. The van der Waals surface area contributed by atoms with Gasteiger partial charge in [-0.3, -0.25) is 0 Å². The summed E-state index contributed by atoms with van der Waals surface area (Å²) in [7, 11) is 0. The van der Waals surface area contributed by atoms with Crippen molar-refractivity contribution >= 4 is 71.7 Å². The van der Waals surface area contributed by atoms with Gasteiger partial charge in [0.1, 0.15) is 0 Å². The number of para-hydroxylation sites is 2. The lowest BCUT2D eigenvalue weighted by molar-refractivity contribution is 0.742. The average Bonchev–Trinajstić information content (AvgIpc) is 4.08. The van der Waals surface area contributed by atoms with Crippen LogP contribution in [0.1, 0.15) is 22.3 Å². The van der Waals surface area contributed by atoms with E-state index >= 15 is 0 Å². The molecule has 0 radical (unpaired) electrons. The summed E-state index contributed by atoms with van der Waals surface area (Å²) >= 11 is 0. The molecule has 17 rings (SSSR count). The van der Waals surface area contributed by atoms with Crippen LogP contribution in [0.4, 0.5) is 17.1 Å². The summed E-state index contributed by atoms with van der Waals surface area (Å²) in [4.78, 5) is 2.38. The first-order valence-electron chi connectivity index (χ1n) is 25.1. The van der Waals surface area contributed by atoms with Gasteiger partial charge in [0.25, 0.3) is 0 Å². The van der Waals surface area contributed by atoms with E-state index in [-0.39, 0.29) is 11.8 Å². The molecule has 6 aliphatic rings. The monoisotopic (exact) mass is 895 g/mol. The number of hydrogen-bond acceptors (Lipinski definition) is 1. The third-order valence-electron chi connectivity index (χ3n) is 16.9. The molecule has 0 fully saturated rings.